The Balaban J connectivity index is 0.000000163. The van der Waals surface area contributed by atoms with Gasteiger partial charge >= 0.3 is 0 Å². The number of nitrogens with one attached hydrogen (secondary N) is 3. The molecule has 5 aromatic heterocycles. The fourth-order valence-electron chi connectivity index (χ4n) is 15.9. The fraction of sp³-hybridized carbons (Fsp3) is 0.449. The lowest BCUT2D eigenvalue weighted by molar-refractivity contribution is -0.0227. The molecule has 17 rings (SSSR count). The number of carbonyl (C=O) groups is 3. The Kier molecular flexibility index (Phi) is 34.8. The van der Waals surface area contributed by atoms with Crippen LogP contribution in [0, 0.1) is 51.4 Å². The summed E-state index contributed by atoms with van der Waals surface area (Å²) in [5, 5.41) is 26.7. The largest absolute Gasteiger partial charge is 0.395 e. The fourth-order valence-corrected chi connectivity index (χ4v) is 18.2. The first-order valence-corrected chi connectivity index (χ1v) is 49.2. The average molecular weight is 2150 g/mol. The molecule has 133 heavy (non-hydrogen) atoms. The van der Waals surface area contributed by atoms with Crippen molar-refractivity contribution in [2.24, 2.45) is 21.4 Å². The Labute approximate surface area is 801 Å². The predicted octanol–water partition coefficient (Wildman–Crippen LogP) is 17.6. The minimum Gasteiger partial charge on any atom is -0.395 e. The number of sulfonamides is 2. The van der Waals surface area contributed by atoms with Crippen molar-refractivity contribution in [3.05, 3.63) is 197 Å². The number of benzene rings is 3. The number of nitrogens with two attached hydrogens (primary N) is 4. The van der Waals surface area contributed by atoms with Gasteiger partial charge in [0.2, 0.25) is 49.0 Å². The van der Waals surface area contributed by atoms with Crippen molar-refractivity contribution in [3.63, 3.8) is 0 Å². The Morgan fingerprint density at radius 1 is 0.444 bits per heavy atom. The molecular formula is C89H101Br2ClF8IN21O9S2. The van der Waals surface area contributed by atoms with Crippen LogP contribution in [0.2, 0.25) is 0 Å². The highest BCUT2D eigenvalue weighted by molar-refractivity contribution is 14.1. The number of aromatic nitrogens is 5. The summed E-state index contributed by atoms with van der Waals surface area (Å²) < 4.78 is 154. The zero-order chi connectivity index (χ0) is 96.4. The molecule has 3 saturated carbocycles. The molecule has 9 aliphatic rings. The van der Waals surface area contributed by atoms with E-state index in [0.29, 0.717) is 71.2 Å². The first-order valence-electron chi connectivity index (χ1n) is 42.7. The number of anilines is 12. The molecule has 9 fully saturated rings. The molecule has 6 saturated heterocycles. The summed E-state index contributed by atoms with van der Waals surface area (Å²) in [4.78, 5) is 79.9. The number of rotatable bonds is 17. The van der Waals surface area contributed by atoms with Gasteiger partial charge in [0.05, 0.1) is 81.8 Å². The predicted molar refractivity (Wildman–Crippen MR) is 515 cm³/mol. The molecule has 3 spiro atoms. The number of nitrogen functional groups attached to an aromatic ring is 3. The third kappa shape index (κ3) is 30.1. The van der Waals surface area contributed by atoms with Gasteiger partial charge in [0.1, 0.15) is 46.5 Å². The van der Waals surface area contributed by atoms with Crippen LogP contribution < -0.4 is 67.1 Å². The molecule has 8 aromatic rings. The number of primary sulfonamides is 1. The standard InChI is InChI=1S/C27H32F2N6O4S.C25H26BrF2N5O.C14H15BrClNO.C11H12F2N4.C5H4FIN2.C5H5FN2.C2H7NO3S/c1-30-21-4-5-23(31-24(21)35-14-10-27(28,29)11-15-35)32-25(37)20-3-2-19(33-40(38,39)17-16-36)18-22(20)34-12-8-26(6-7-26)9-13-34;1-29-19-4-5-21(30-22(19)33-14-10-25(27,28)11-15-33)31-23(34)18-3-2-17(26)16-20(18)32-12-8-24(6-7-24)9-13-32;15-10-1-2-11(13(16)18)12(9-10)17-7-5-14(3-4-14)6-8-17;1-15-8-2-3-9(14)16-10(8)17-6-4-11(12,13)5-7-17;6-5-3(7)1-2-4(8)9-5;6-4-2-1-3-5(7)8-4;3-7(5,6)2-1-4/h2-5,18,33,36H,6-17H2,(H,31,32,37);2-5,16H,6-15H2,(H,30,31,34);1-2,9H,3-8H2;2-3H,4-7H2,(H2,14,16);1-2H,(H2,8,9);1-3H,(H2,7,8);4H,1-2H2,(H2,3,5,6). The number of amides is 2. The van der Waals surface area contributed by atoms with Gasteiger partial charge in [-0.05, 0) is 243 Å². The lowest BCUT2D eigenvalue weighted by Crippen LogP contribution is -2.39. The van der Waals surface area contributed by atoms with Crippen LogP contribution in [0.3, 0.4) is 0 Å². The quantitative estimate of drug-likeness (QED) is 0.0134. The molecule has 44 heteroatoms. The van der Waals surface area contributed by atoms with Gasteiger partial charge in [-0.25, -0.2) is 87.8 Å². The van der Waals surface area contributed by atoms with Crippen molar-refractivity contribution in [2.45, 2.75) is 133 Å². The number of piperidine rings is 6. The molecule has 0 bridgehead atoms. The summed E-state index contributed by atoms with van der Waals surface area (Å²) in [5.41, 5.74) is 22.5. The topological polar surface area (TPSA) is 397 Å². The van der Waals surface area contributed by atoms with Crippen molar-refractivity contribution in [1.82, 2.24) is 24.9 Å². The Bertz CT molecular complexity index is 5830. The number of pyridine rings is 5. The molecule has 13 N–H and O–H groups in total. The van der Waals surface area contributed by atoms with Crippen LogP contribution in [0.4, 0.5) is 121 Å². The molecule has 30 nitrogen and oxygen atoms in total. The molecule has 3 aliphatic carbocycles. The smallest absolute Gasteiger partial charge is 0.258 e. The van der Waals surface area contributed by atoms with E-state index in [1.165, 1.54) is 93.8 Å². The van der Waals surface area contributed by atoms with E-state index >= 15 is 0 Å². The number of aliphatic hydroxyl groups is 2. The first-order chi connectivity index (χ1) is 63.0. The maximum absolute atomic E-state index is 13.7. The van der Waals surface area contributed by atoms with Gasteiger partial charge in [-0.2, -0.15) is 8.78 Å². The van der Waals surface area contributed by atoms with Gasteiger partial charge in [0.15, 0.2) is 0 Å². The number of hydrogen-bond acceptors (Lipinski definition) is 23. The van der Waals surface area contributed by atoms with Gasteiger partial charge in [-0.1, -0.05) is 37.9 Å². The molecule has 3 aromatic carbocycles. The summed E-state index contributed by atoms with van der Waals surface area (Å²) in [6, 6.07) is 32.7. The molecular weight excluding hydrogens is 2050 g/mol. The SMILES string of the molecule is NS(=O)(=O)CCO.Nc1ccc(I)c(F)n1.Nc1cccc(F)n1.O=C(Cl)c1ccc(Br)cc1N1CCC2(CC1)CC2.[C-]#[N+]c1ccc(N)nc1N1CCC(F)(F)CC1.[C-]#[N+]c1ccc(NC(=O)c2ccc(Br)cc2N2CCC3(CC2)CC3)nc1N1CCC(F)(F)CC1.[C-]#[N+]c1ccc(NC(=O)c2ccc(NS(=O)(=O)CCO)cc2N2CCC3(CC2)CC3)nc1N1CCC(F)(F)CC1. The average Bonchev–Trinajstić information content (AvgIpc) is 1.60. The second-order valence-electron chi connectivity index (χ2n) is 33.8. The number of nitrogens with zero attached hydrogens (tertiary/aromatic N) is 14. The van der Waals surface area contributed by atoms with E-state index in [4.69, 9.17) is 58.7 Å². The third-order valence-electron chi connectivity index (χ3n) is 24.4. The normalized spacial score (nSPS) is 18.3. The number of carbonyl (C=O) groups excluding carboxylic acids is 3. The number of alkyl halides is 6. The molecule has 2 amide bonds. The van der Waals surface area contributed by atoms with E-state index < -0.39 is 74.6 Å². The van der Waals surface area contributed by atoms with Gasteiger partial charge in [0, 0.05) is 132 Å². The zero-order valence-electron chi connectivity index (χ0n) is 72.3. The lowest BCUT2D eigenvalue weighted by atomic mass is 9.93. The number of hydrogen-bond donors (Lipinski definition) is 9. The Hall–Kier alpha value is -10.3. The Morgan fingerprint density at radius 2 is 0.789 bits per heavy atom. The van der Waals surface area contributed by atoms with Gasteiger partial charge in [-0.3, -0.25) is 19.1 Å². The minimum atomic E-state index is -3.76. The van der Waals surface area contributed by atoms with Crippen LogP contribution in [0.1, 0.15) is 147 Å². The van der Waals surface area contributed by atoms with Gasteiger partial charge in [-0.15, -0.1) is 0 Å². The number of aliphatic hydroxyl groups excluding tert-OH is 2. The van der Waals surface area contributed by atoms with E-state index in [1.54, 1.807) is 69.3 Å². The van der Waals surface area contributed by atoms with E-state index in [2.05, 4.69) is 107 Å². The van der Waals surface area contributed by atoms with Crippen molar-refractivity contribution in [2.75, 3.05) is 165 Å². The highest BCUT2D eigenvalue weighted by atomic mass is 127. The Morgan fingerprint density at radius 3 is 1.13 bits per heavy atom. The monoisotopic (exact) mass is 2140 g/mol. The zero-order valence-corrected chi connectivity index (χ0v) is 80.0. The van der Waals surface area contributed by atoms with Crippen LogP contribution in [0.5, 0.6) is 0 Å². The summed E-state index contributed by atoms with van der Waals surface area (Å²) in [7, 11) is -7.18. The van der Waals surface area contributed by atoms with Crippen molar-refractivity contribution in [3.8, 4) is 0 Å². The molecule has 11 heterocycles. The molecule has 6 aliphatic heterocycles. The lowest BCUT2D eigenvalue weighted by Gasteiger charge is -2.35. The summed E-state index contributed by atoms with van der Waals surface area (Å²) in [6.07, 6.45) is 13.0. The molecule has 0 unspecified atom stereocenters. The summed E-state index contributed by atoms with van der Waals surface area (Å²) in [6.45, 7) is 27.1. The highest BCUT2D eigenvalue weighted by Crippen LogP contribution is 2.57. The maximum atomic E-state index is 13.7. The van der Waals surface area contributed by atoms with E-state index in [9.17, 15) is 66.3 Å². The number of halogens is 12. The summed E-state index contributed by atoms with van der Waals surface area (Å²) in [5.74, 6) is -8.42. The van der Waals surface area contributed by atoms with Crippen molar-refractivity contribution < 1.29 is 76.6 Å². The first kappa shape index (κ1) is 103. The van der Waals surface area contributed by atoms with E-state index in [1.807, 2.05) is 46.9 Å². The van der Waals surface area contributed by atoms with Crippen LogP contribution in [0.25, 0.3) is 14.5 Å². The molecule has 0 radical (unpaired) electrons. The summed E-state index contributed by atoms with van der Waals surface area (Å²) >= 11 is 14.5. The second-order valence-corrected chi connectivity index (χ2v) is 40.8. The van der Waals surface area contributed by atoms with Crippen LogP contribution in [0.15, 0.2) is 130 Å². The molecule has 0 atom stereocenters. The second kappa shape index (κ2) is 44.9. The van der Waals surface area contributed by atoms with Crippen LogP contribution in [-0.2, 0) is 20.0 Å². The maximum Gasteiger partial charge on any atom is 0.258 e. The minimum absolute atomic E-state index is 0.0498. The molecule has 712 valence electrons. The van der Waals surface area contributed by atoms with Gasteiger partial charge < -0.3 is 67.4 Å². The van der Waals surface area contributed by atoms with E-state index in [0.717, 1.165) is 85.3 Å². The highest BCUT2D eigenvalue weighted by Gasteiger charge is 2.48. The van der Waals surface area contributed by atoms with E-state index in [-0.39, 0.29) is 135 Å². The van der Waals surface area contributed by atoms with Crippen molar-refractivity contribution >= 4 is 190 Å². The third-order valence-corrected chi connectivity index (χ3v) is 28.4. The van der Waals surface area contributed by atoms with Crippen LogP contribution in [-0.4, -0.2) is 190 Å². The van der Waals surface area contributed by atoms with Crippen molar-refractivity contribution in [1.29, 1.82) is 0 Å². The van der Waals surface area contributed by atoms with Crippen LogP contribution >= 0.6 is 66.1 Å². The van der Waals surface area contributed by atoms with Gasteiger partial charge in [0.25, 0.3) is 34.8 Å².